The average Bonchev–Trinajstić information content (AvgIpc) is 3.28. The van der Waals surface area contributed by atoms with Crippen LogP contribution < -0.4 is 15.6 Å². The molecule has 1 fully saturated rings. The fourth-order valence-electron chi connectivity index (χ4n) is 6.88. The maximum Gasteiger partial charge on any atom is 0.259 e. The number of carbonyl (C=O) groups excluding carboxylic acids is 3. The summed E-state index contributed by atoms with van der Waals surface area (Å²) in [6, 6.07) is 32.8. The number of anilines is 2. The number of para-hydroxylation sites is 1. The van der Waals surface area contributed by atoms with Crippen LogP contribution in [0.3, 0.4) is 0 Å². The molecule has 0 unspecified atom stereocenters. The van der Waals surface area contributed by atoms with E-state index < -0.39 is 17.3 Å². The second kappa shape index (κ2) is 9.95. The van der Waals surface area contributed by atoms with Crippen LogP contribution >= 0.6 is 22.6 Å². The highest BCUT2D eigenvalue weighted by Gasteiger charge is 2.68. The third-order valence-electron chi connectivity index (χ3n) is 8.45. The second-order valence-electron chi connectivity index (χ2n) is 10.5. The Kier molecular flexibility index (Phi) is 6.23. The van der Waals surface area contributed by atoms with E-state index in [2.05, 4.69) is 38.4 Å². The number of rotatable bonds is 6. The van der Waals surface area contributed by atoms with Crippen molar-refractivity contribution in [3.63, 3.8) is 0 Å². The first-order valence-corrected chi connectivity index (χ1v) is 14.5. The molecular weight excluding hydrogens is 627 g/mol. The average molecular weight is 652 g/mol. The Morgan fingerprint density at radius 1 is 0.829 bits per heavy atom. The molecule has 4 aromatic rings. The molecule has 2 N–H and O–H groups in total. The van der Waals surface area contributed by atoms with Gasteiger partial charge in [-0.15, -0.1) is 0 Å². The lowest BCUT2D eigenvalue weighted by molar-refractivity contribution is -0.122. The van der Waals surface area contributed by atoms with Crippen LogP contribution in [-0.2, 0) is 19.8 Å². The van der Waals surface area contributed by atoms with E-state index in [4.69, 9.17) is 0 Å². The van der Waals surface area contributed by atoms with E-state index >= 15 is 0 Å². The van der Waals surface area contributed by atoms with Gasteiger partial charge in [-0.2, -0.15) is 5.10 Å². The molecule has 0 aromatic heterocycles. The molecule has 3 aliphatic carbocycles. The predicted molar refractivity (Wildman–Crippen MR) is 166 cm³/mol. The van der Waals surface area contributed by atoms with Crippen molar-refractivity contribution in [3.8, 4) is 0 Å². The van der Waals surface area contributed by atoms with Gasteiger partial charge >= 0.3 is 0 Å². The number of nitrogens with zero attached hydrogens (tertiary/aromatic N) is 2. The lowest BCUT2D eigenvalue weighted by Gasteiger charge is -2.52. The molecule has 0 radical (unpaired) electrons. The fourth-order valence-corrected chi connectivity index (χ4v) is 7.24. The molecule has 0 saturated carbocycles. The summed E-state index contributed by atoms with van der Waals surface area (Å²) in [6.45, 7) is 0.0332. The molecule has 0 spiro atoms. The van der Waals surface area contributed by atoms with Crippen molar-refractivity contribution in [2.75, 3.05) is 16.8 Å². The van der Waals surface area contributed by atoms with Crippen molar-refractivity contribution in [1.29, 1.82) is 0 Å². The van der Waals surface area contributed by atoms with E-state index in [0.29, 0.717) is 5.69 Å². The number of benzene rings is 4. The van der Waals surface area contributed by atoms with Gasteiger partial charge in [0.05, 0.1) is 29.5 Å². The van der Waals surface area contributed by atoms with Crippen molar-refractivity contribution in [2.45, 2.75) is 11.3 Å². The van der Waals surface area contributed by atoms with Crippen LogP contribution in [0.5, 0.6) is 0 Å². The van der Waals surface area contributed by atoms with E-state index in [-0.39, 0.29) is 30.2 Å². The number of halogens is 1. The molecular formula is C33H25IN4O3. The first kappa shape index (κ1) is 25.6. The van der Waals surface area contributed by atoms with Crippen LogP contribution in [0.1, 0.15) is 28.2 Å². The maximum absolute atomic E-state index is 14.3. The summed E-state index contributed by atoms with van der Waals surface area (Å²) in [4.78, 5) is 42.5. The van der Waals surface area contributed by atoms with Crippen LogP contribution in [0.2, 0.25) is 0 Å². The van der Waals surface area contributed by atoms with Crippen molar-refractivity contribution >= 4 is 57.9 Å². The highest BCUT2D eigenvalue weighted by Crippen LogP contribution is 2.63. The van der Waals surface area contributed by atoms with Gasteiger partial charge in [-0.1, -0.05) is 66.7 Å². The molecule has 3 amide bonds. The Labute approximate surface area is 250 Å². The maximum atomic E-state index is 14.3. The quantitative estimate of drug-likeness (QED) is 0.132. The molecule has 202 valence electrons. The Morgan fingerprint density at radius 3 is 2.10 bits per heavy atom. The lowest BCUT2D eigenvalue weighted by atomic mass is 9.47. The highest BCUT2D eigenvalue weighted by molar-refractivity contribution is 14.1. The minimum Gasteiger partial charge on any atom is -0.376 e. The lowest BCUT2D eigenvalue weighted by Crippen LogP contribution is -2.54. The molecule has 2 bridgehead atoms. The number of imide groups is 1. The monoisotopic (exact) mass is 652 g/mol. The van der Waals surface area contributed by atoms with Gasteiger partial charge in [-0.25, -0.2) is 10.3 Å². The number of hydrogen-bond donors (Lipinski definition) is 2. The molecule has 1 saturated heterocycles. The summed E-state index contributed by atoms with van der Waals surface area (Å²) in [5.74, 6) is -2.31. The zero-order valence-electron chi connectivity index (χ0n) is 21.8. The minimum atomic E-state index is -1.03. The van der Waals surface area contributed by atoms with E-state index in [1.165, 1.54) is 4.90 Å². The van der Waals surface area contributed by atoms with E-state index in [9.17, 15) is 14.4 Å². The predicted octanol–water partition coefficient (Wildman–Crippen LogP) is 5.06. The minimum absolute atomic E-state index is 0.0332. The van der Waals surface area contributed by atoms with Crippen LogP contribution in [-0.4, -0.2) is 30.5 Å². The molecule has 8 heteroatoms. The summed E-state index contributed by atoms with van der Waals surface area (Å²) in [5.41, 5.74) is 6.93. The molecule has 4 aliphatic rings. The smallest absolute Gasteiger partial charge is 0.259 e. The number of hydrogen-bond acceptors (Lipinski definition) is 5. The van der Waals surface area contributed by atoms with Crippen molar-refractivity contribution in [1.82, 2.24) is 5.43 Å². The molecule has 2 atom stereocenters. The van der Waals surface area contributed by atoms with E-state index in [1.54, 1.807) is 18.3 Å². The molecule has 8 rings (SSSR count). The summed E-state index contributed by atoms with van der Waals surface area (Å²) >= 11 is 2.23. The SMILES string of the molecule is O=C(CNc1ccc(I)cc1)N/N=C\C12c3ccccc3C(c3ccccc31)[C@H]1C(=O)N(c3ccccc3)C(=O)[C@@H]12. The number of carbonyl (C=O) groups is 3. The first-order chi connectivity index (χ1) is 20.0. The molecule has 1 aliphatic heterocycles. The Hall–Kier alpha value is -4.31. The van der Waals surface area contributed by atoms with Gasteiger partial charge in [0, 0.05) is 21.4 Å². The Bertz CT molecular complexity index is 1670. The largest absolute Gasteiger partial charge is 0.376 e. The van der Waals surface area contributed by atoms with Crippen molar-refractivity contribution < 1.29 is 14.4 Å². The second-order valence-corrected chi connectivity index (χ2v) is 11.8. The zero-order chi connectivity index (χ0) is 28.1. The van der Waals surface area contributed by atoms with E-state index in [0.717, 1.165) is 31.5 Å². The molecule has 4 aromatic carbocycles. The Morgan fingerprint density at radius 2 is 1.44 bits per heavy atom. The van der Waals surface area contributed by atoms with Gasteiger partial charge in [0.25, 0.3) is 5.91 Å². The van der Waals surface area contributed by atoms with Gasteiger partial charge in [0.1, 0.15) is 0 Å². The van der Waals surface area contributed by atoms with Gasteiger partial charge in [0.2, 0.25) is 11.8 Å². The number of nitrogens with one attached hydrogen (secondary N) is 2. The normalized spacial score (nSPS) is 23.7. The first-order valence-electron chi connectivity index (χ1n) is 13.4. The molecule has 41 heavy (non-hydrogen) atoms. The molecule has 7 nitrogen and oxygen atoms in total. The Balaban J connectivity index is 1.29. The van der Waals surface area contributed by atoms with Crippen LogP contribution in [0, 0.1) is 15.4 Å². The van der Waals surface area contributed by atoms with Crippen LogP contribution in [0.25, 0.3) is 0 Å². The fraction of sp³-hybridized carbons (Fsp3) is 0.152. The standard InChI is InChI=1S/C33H25IN4O3/c34-20-14-16-21(17-15-20)35-18-27(39)37-36-19-33-25-12-6-4-10-23(25)28(24-11-5-7-13-26(24)33)29-30(33)32(41)38(31(29)40)22-8-2-1-3-9-22/h1-17,19,28-30,35H,18H2,(H,37,39)/b36-19-/t28?,29-,30-,33?/m1/s1. The van der Waals surface area contributed by atoms with E-state index in [1.807, 2.05) is 91.0 Å². The van der Waals surface area contributed by atoms with Gasteiger partial charge in [0.15, 0.2) is 0 Å². The van der Waals surface area contributed by atoms with Crippen molar-refractivity contribution in [3.05, 3.63) is 129 Å². The summed E-state index contributed by atoms with van der Waals surface area (Å²) in [7, 11) is 0. The van der Waals surface area contributed by atoms with Gasteiger partial charge < -0.3 is 5.32 Å². The third kappa shape index (κ3) is 3.92. The number of hydrazone groups is 1. The third-order valence-corrected chi connectivity index (χ3v) is 9.17. The van der Waals surface area contributed by atoms with Gasteiger partial charge in [-0.05, 0) is 81.2 Å². The summed E-state index contributed by atoms with van der Waals surface area (Å²) in [5, 5.41) is 7.56. The zero-order valence-corrected chi connectivity index (χ0v) is 24.0. The van der Waals surface area contributed by atoms with Crippen molar-refractivity contribution in [2.24, 2.45) is 16.9 Å². The molecule has 1 heterocycles. The van der Waals surface area contributed by atoms with Crippen LogP contribution in [0.15, 0.2) is 108 Å². The highest BCUT2D eigenvalue weighted by atomic mass is 127. The summed E-state index contributed by atoms with van der Waals surface area (Å²) < 4.78 is 1.10. The van der Waals surface area contributed by atoms with Crippen LogP contribution in [0.4, 0.5) is 11.4 Å². The van der Waals surface area contributed by atoms with Gasteiger partial charge in [-0.3, -0.25) is 14.4 Å². The number of amides is 3. The topological polar surface area (TPSA) is 90.9 Å². The summed E-state index contributed by atoms with van der Waals surface area (Å²) in [6.07, 6.45) is 1.68.